The number of aryl methyl sites for hydroxylation is 2. The summed E-state index contributed by atoms with van der Waals surface area (Å²) in [7, 11) is 3.79. The van der Waals surface area contributed by atoms with E-state index in [2.05, 4.69) is 10.9 Å². The van der Waals surface area contributed by atoms with Gasteiger partial charge in [-0.05, 0) is 43.7 Å². The summed E-state index contributed by atoms with van der Waals surface area (Å²) < 4.78 is 5.62. The third kappa shape index (κ3) is 5.51. The molecule has 2 rings (SSSR count). The topological polar surface area (TPSA) is 70.7 Å². The molecule has 0 radical (unpaired) electrons. The molecule has 26 heavy (non-hydrogen) atoms. The van der Waals surface area contributed by atoms with Crippen molar-refractivity contribution in [1.82, 2.24) is 10.9 Å². The van der Waals surface area contributed by atoms with Gasteiger partial charge >= 0.3 is 0 Å². The molecule has 6 heteroatoms. The number of nitrogens with one attached hydrogen (secondary N) is 2. The third-order valence-electron chi connectivity index (χ3n) is 3.86. The van der Waals surface area contributed by atoms with Crippen LogP contribution in [0, 0.1) is 13.8 Å². The van der Waals surface area contributed by atoms with Crippen molar-refractivity contribution in [2.75, 3.05) is 25.6 Å². The summed E-state index contributed by atoms with van der Waals surface area (Å²) in [5.74, 6) is 0.0807. The van der Waals surface area contributed by atoms with Gasteiger partial charge in [0.2, 0.25) is 5.91 Å². The molecule has 0 atom stereocenters. The van der Waals surface area contributed by atoms with E-state index in [0.717, 1.165) is 22.6 Å². The molecule has 0 fully saturated rings. The third-order valence-corrected chi connectivity index (χ3v) is 3.86. The molecule has 0 saturated carbocycles. The van der Waals surface area contributed by atoms with Crippen molar-refractivity contribution in [3.63, 3.8) is 0 Å². The lowest BCUT2D eigenvalue weighted by atomic mass is 10.1. The number of hydrogen-bond donors (Lipinski definition) is 2. The zero-order valence-electron chi connectivity index (χ0n) is 15.6. The predicted octanol–water partition coefficient (Wildman–Crippen LogP) is 2.60. The molecule has 0 saturated heterocycles. The van der Waals surface area contributed by atoms with Crippen molar-refractivity contribution in [2.45, 2.75) is 20.3 Å². The lowest BCUT2D eigenvalue weighted by Crippen LogP contribution is -2.42. The van der Waals surface area contributed by atoms with Crippen molar-refractivity contribution < 1.29 is 14.3 Å². The van der Waals surface area contributed by atoms with E-state index in [-0.39, 0.29) is 24.8 Å². The van der Waals surface area contributed by atoms with Gasteiger partial charge in [-0.2, -0.15) is 0 Å². The second-order valence-corrected chi connectivity index (χ2v) is 6.31. The van der Waals surface area contributed by atoms with Gasteiger partial charge in [-0.15, -0.1) is 0 Å². The van der Waals surface area contributed by atoms with Gasteiger partial charge in [-0.3, -0.25) is 20.4 Å². The first-order valence-electron chi connectivity index (χ1n) is 8.43. The highest BCUT2D eigenvalue weighted by Crippen LogP contribution is 2.18. The van der Waals surface area contributed by atoms with E-state index in [1.807, 2.05) is 57.1 Å². The zero-order chi connectivity index (χ0) is 19.1. The fourth-order valence-electron chi connectivity index (χ4n) is 2.40. The van der Waals surface area contributed by atoms with Crippen LogP contribution in [0.2, 0.25) is 0 Å². The summed E-state index contributed by atoms with van der Waals surface area (Å²) >= 11 is 0. The van der Waals surface area contributed by atoms with Crippen LogP contribution in [0.3, 0.4) is 0 Å². The van der Waals surface area contributed by atoms with Gasteiger partial charge in [-0.1, -0.05) is 23.8 Å². The Morgan fingerprint density at radius 2 is 1.81 bits per heavy atom. The number of carbonyl (C=O) groups is 2. The molecule has 0 bridgehead atoms. The number of ether oxygens (including phenoxy) is 1. The Bertz CT molecular complexity index is 788. The Balaban J connectivity index is 1.77. The van der Waals surface area contributed by atoms with Gasteiger partial charge in [0.1, 0.15) is 5.75 Å². The van der Waals surface area contributed by atoms with Gasteiger partial charge in [0, 0.05) is 25.3 Å². The van der Waals surface area contributed by atoms with Gasteiger partial charge in [-0.25, -0.2) is 0 Å². The quantitative estimate of drug-likeness (QED) is 0.782. The molecule has 2 aromatic rings. The Labute approximate surface area is 154 Å². The lowest BCUT2D eigenvalue weighted by molar-refractivity contribution is -0.122. The molecule has 0 aliphatic heterocycles. The monoisotopic (exact) mass is 355 g/mol. The highest BCUT2D eigenvalue weighted by Gasteiger charge is 2.09. The second-order valence-electron chi connectivity index (χ2n) is 6.31. The maximum absolute atomic E-state index is 12.1. The molecule has 0 aliphatic rings. The van der Waals surface area contributed by atoms with Crippen molar-refractivity contribution in [3.8, 4) is 5.75 Å². The highest BCUT2D eigenvalue weighted by molar-refractivity contribution is 5.96. The molecule has 0 aliphatic carbocycles. The summed E-state index contributed by atoms with van der Waals surface area (Å²) in [4.78, 5) is 25.9. The van der Waals surface area contributed by atoms with Crippen LogP contribution < -0.4 is 20.5 Å². The Morgan fingerprint density at radius 1 is 1.04 bits per heavy atom. The highest BCUT2D eigenvalue weighted by atomic mass is 16.5. The summed E-state index contributed by atoms with van der Waals surface area (Å²) in [5.41, 5.74) is 8.40. The molecular formula is C20H25N3O3. The summed E-state index contributed by atoms with van der Waals surface area (Å²) in [6, 6.07) is 13.0. The maximum atomic E-state index is 12.1. The van der Waals surface area contributed by atoms with Gasteiger partial charge in [0.05, 0.1) is 13.0 Å². The standard InChI is InChI=1S/C20H25N3O3/c1-14-8-9-18(15(2)12-14)26-11-10-19(24)21-22-20(25)16-6-5-7-17(13-16)23(3)4/h5-9,12-13H,10-11H2,1-4H3,(H,21,24)(H,22,25). The van der Waals surface area contributed by atoms with Crippen LogP contribution in [-0.2, 0) is 4.79 Å². The minimum atomic E-state index is -0.364. The van der Waals surface area contributed by atoms with E-state index in [1.54, 1.807) is 18.2 Å². The van der Waals surface area contributed by atoms with Crippen LogP contribution in [0.25, 0.3) is 0 Å². The smallest absolute Gasteiger partial charge is 0.269 e. The molecule has 138 valence electrons. The number of rotatable bonds is 6. The Morgan fingerprint density at radius 3 is 2.50 bits per heavy atom. The maximum Gasteiger partial charge on any atom is 0.269 e. The van der Waals surface area contributed by atoms with E-state index in [1.165, 1.54) is 0 Å². The van der Waals surface area contributed by atoms with Gasteiger partial charge in [0.25, 0.3) is 5.91 Å². The minimum Gasteiger partial charge on any atom is -0.493 e. The van der Waals surface area contributed by atoms with E-state index in [0.29, 0.717) is 5.56 Å². The van der Waals surface area contributed by atoms with Gasteiger partial charge in [0.15, 0.2) is 0 Å². The number of anilines is 1. The van der Waals surface area contributed by atoms with E-state index in [9.17, 15) is 9.59 Å². The van der Waals surface area contributed by atoms with Crippen LogP contribution in [0.1, 0.15) is 27.9 Å². The van der Waals surface area contributed by atoms with E-state index >= 15 is 0 Å². The largest absolute Gasteiger partial charge is 0.493 e. The molecule has 0 spiro atoms. The average Bonchev–Trinajstić information content (AvgIpc) is 2.61. The molecular weight excluding hydrogens is 330 g/mol. The molecule has 2 amide bonds. The SMILES string of the molecule is Cc1ccc(OCCC(=O)NNC(=O)c2cccc(N(C)C)c2)c(C)c1. The molecule has 2 N–H and O–H groups in total. The molecule has 0 unspecified atom stereocenters. The van der Waals surface area contributed by atoms with Crippen LogP contribution in [0.5, 0.6) is 5.75 Å². The molecule has 2 aromatic carbocycles. The predicted molar refractivity (Wildman–Crippen MR) is 102 cm³/mol. The van der Waals surface area contributed by atoms with Crippen molar-refractivity contribution in [1.29, 1.82) is 0 Å². The van der Waals surface area contributed by atoms with Crippen LogP contribution >= 0.6 is 0 Å². The number of carbonyl (C=O) groups excluding carboxylic acids is 2. The number of hydrazine groups is 1. The number of benzene rings is 2. The summed E-state index contributed by atoms with van der Waals surface area (Å²) in [6.07, 6.45) is 0.144. The summed E-state index contributed by atoms with van der Waals surface area (Å²) in [6.45, 7) is 4.22. The molecule has 0 aromatic heterocycles. The van der Waals surface area contributed by atoms with Crippen LogP contribution in [0.4, 0.5) is 5.69 Å². The van der Waals surface area contributed by atoms with Crippen molar-refractivity contribution in [2.24, 2.45) is 0 Å². The fourth-order valence-corrected chi connectivity index (χ4v) is 2.40. The van der Waals surface area contributed by atoms with Crippen LogP contribution in [-0.4, -0.2) is 32.5 Å². The number of hydrogen-bond acceptors (Lipinski definition) is 4. The van der Waals surface area contributed by atoms with E-state index in [4.69, 9.17) is 4.74 Å². The first kappa shape index (κ1) is 19.3. The minimum absolute atomic E-state index is 0.144. The summed E-state index contributed by atoms with van der Waals surface area (Å²) in [5, 5.41) is 0. The number of nitrogens with zero attached hydrogens (tertiary/aromatic N) is 1. The Hall–Kier alpha value is -3.02. The number of amides is 2. The second kappa shape index (κ2) is 8.89. The fraction of sp³-hybridized carbons (Fsp3) is 0.300. The first-order valence-corrected chi connectivity index (χ1v) is 8.43. The van der Waals surface area contributed by atoms with Crippen molar-refractivity contribution >= 4 is 17.5 Å². The normalized spacial score (nSPS) is 10.2. The van der Waals surface area contributed by atoms with Gasteiger partial charge < -0.3 is 9.64 Å². The Kier molecular flexibility index (Phi) is 6.60. The molecule has 6 nitrogen and oxygen atoms in total. The van der Waals surface area contributed by atoms with E-state index < -0.39 is 0 Å². The first-order chi connectivity index (χ1) is 12.4. The lowest BCUT2D eigenvalue weighted by Gasteiger charge is -2.14. The molecule has 0 heterocycles. The average molecular weight is 355 g/mol. The zero-order valence-corrected chi connectivity index (χ0v) is 15.6. The van der Waals surface area contributed by atoms with Crippen LogP contribution in [0.15, 0.2) is 42.5 Å². The van der Waals surface area contributed by atoms with Crippen molar-refractivity contribution in [3.05, 3.63) is 59.2 Å².